The monoisotopic (exact) mass is 430 g/mol. The second-order valence-electron chi connectivity index (χ2n) is 7.84. The number of carbonyl (C=O) groups is 1. The number of aromatic amines is 1. The third-order valence-corrected chi connectivity index (χ3v) is 5.74. The van der Waals surface area contributed by atoms with E-state index in [1.807, 2.05) is 52.0 Å². The van der Waals surface area contributed by atoms with Crippen molar-refractivity contribution in [3.05, 3.63) is 98.7 Å². The number of hydrogen-bond acceptors (Lipinski definition) is 4. The summed E-state index contributed by atoms with van der Waals surface area (Å²) in [5.41, 5.74) is 3.03. The standard InChI is InChI=1S/C23H22N6O3/c1-16-6-2-3-7-19(16)29-22(26-10-4-5-11-26)17-14-28(15-18(17)25-29)21(31)9-13-27-12-8-20(30)24-23(27)32/h2-8,10-12H,9,13-15H2,1H3,(H,24,30,32). The molecule has 0 saturated carbocycles. The quantitative estimate of drug-likeness (QED) is 0.522. The second-order valence-corrected chi connectivity index (χ2v) is 7.84. The summed E-state index contributed by atoms with van der Waals surface area (Å²) >= 11 is 0. The number of nitrogens with zero attached hydrogens (tertiary/aromatic N) is 5. The van der Waals surface area contributed by atoms with Crippen molar-refractivity contribution in [3.8, 4) is 11.5 Å². The molecule has 1 aliphatic heterocycles. The van der Waals surface area contributed by atoms with Crippen LogP contribution in [0.25, 0.3) is 11.5 Å². The van der Waals surface area contributed by atoms with E-state index >= 15 is 0 Å². The molecule has 0 atom stereocenters. The molecule has 32 heavy (non-hydrogen) atoms. The van der Waals surface area contributed by atoms with E-state index < -0.39 is 11.2 Å². The topological polar surface area (TPSA) is 97.9 Å². The number of fused-ring (bicyclic) bond motifs is 1. The molecule has 1 N–H and O–H groups in total. The van der Waals surface area contributed by atoms with E-state index in [0.717, 1.165) is 28.3 Å². The number of para-hydroxylation sites is 1. The van der Waals surface area contributed by atoms with Crippen molar-refractivity contribution in [2.75, 3.05) is 0 Å². The SMILES string of the molecule is Cc1ccccc1-n1nc2c(c1-n1cccc1)CN(C(=O)CCn1ccc(=O)[nH]c1=O)C2. The number of aryl methyl sites for hydroxylation is 2. The molecule has 0 aliphatic carbocycles. The van der Waals surface area contributed by atoms with Crippen LogP contribution in [0.5, 0.6) is 0 Å². The predicted molar refractivity (Wildman–Crippen MR) is 118 cm³/mol. The van der Waals surface area contributed by atoms with Gasteiger partial charge >= 0.3 is 5.69 Å². The van der Waals surface area contributed by atoms with Gasteiger partial charge in [-0.2, -0.15) is 5.10 Å². The van der Waals surface area contributed by atoms with Crippen LogP contribution < -0.4 is 11.2 Å². The van der Waals surface area contributed by atoms with Gasteiger partial charge in [-0.05, 0) is 30.7 Å². The maximum absolute atomic E-state index is 12.9. The molecule has 0 spiro atoms. The van der Waals surface area contributed by atoms with Crippen LogP contribution in [0.4, 0.5) is 0 Å². The normalized spacial score (nSPS) is 12.8. The van der Waals surface area contributed by atoms with Crippen LogP contribution in [0, 0.1) is 6.92 Å². The van der Waals surface area contributed by atoms with Crippen LogP contribution in [0.2, 0.25) is 0 Å². The van der Waals surface area contributed by atoms with Crippen molar-refractivity contribution >= 4 is 5.91 Å². The fourth-order valence-corrected chi connectivity index (χ4v) is 4.08. The molecule has 0 radical (unpaired) electrons. The molecule has 0 bridgehead atoms. The highest BCUT2D eigenvalue weighted by molar-refractivity contribution is 5.77. The summed E-state index contributed by atoms with van der Waals surface area (Å²) in [5.74, 6) is 0.855. The van der Waals surface area contributed by atoms with Crippen molar-refractivity contribution in [2.24, 2.45) is 0 Å². The van der Waals surface area contributed by atoms with E-state index in [4.69, 9.17) is 5.10 Å². The van der Waals surface area contributed by atoms with Crippen molar-refractivity contribution in [3.63, 3.8) is 0 Å². The Morgan fingerprint density at radius 2 is 1.81 bits per heavy atom. The van der Waals surface area contributed by atoms with Crippen LogP contribution in [0.1, 0.15) is 23.2 Å². The van der Waals surface area contributed by atoms with Gasteiger partial charge < -0.3 is 14.0 Å². The fourth-order valence-electron chi connectivity index (χ4n) is 4.08. The first kappa shape index (κ1) is 19.8. The Labute approximate surface area is 183 Å². The van der Waals surface area contributed by atoms with E-state index in [2.05, 4.69) is 18.0 Å². The fraction of sp³-hybridized carbons (Fsp3) is 0.217. The molecule has 0 saturated heterocycles. The summed E-state index contributed by atoms with van der Waals surface area (Å²) in [6.07, 6.45) is 5.51. The van der Waals surface area contributed by atoms with Crippen LogP contribution in [-0.4, -0.2) is 34.7 Å². The zero-order valence-corrected chi connectivity index (χ0v) is 17.6. The van der Waals surface area contributed by atoms with Gasteiger partial charge in [-0.3, -0.25) is 14.6 Å². The molecular formula is C23H22N6O3. The minimum atomic E-state index is -0.514. The van der Waals surface area contributed by atoms with Crippen molar-refractivity contribution in [1.82, 2.24) is 28.8 Å². The molecule has 162 valence electrons. The number of aromatic nitrogens is 5. The summed E-state index contributed by atoms with van der Waals surface area (Å²) in [6.45, 7) is 3.13. The van der Waals surface area contributed by atoms with Gasteiger partial charge in [0.25, 0.3) is 5.56 Å². The van der Waals surface area contributed by atoms with Crippen molar-refractivity contribution in [2.45, 2.75) is 33.0 Å². The number of nitrogens with one attached hydrogen (secondary N) is 1. The Hall–Kier alpha value is -4.14. The first-order chi connectivity index (χ1) is 15.5. The molecule has 1 aliphatic rings. The summed E-state index contributed by atoms with van der Waals surface area (Å²) in [6, 6.07) is 13.3. The molecular weight excluding hydrogens is 408 g/mol. The van der Waals surface area contributed by atoms with Gasteiger partial charge in [0, 0.05) is 43.2 Å². The molecule has 9 nitrogen and oxygen atoms in total. The smallest absolute Gasteiger partial charge is 0.328 e. The van der Waals surface area contributed by atoms with Gasteiger partial charge in [-0.1, -0.05) is 18.2 Å². The predicted octanol–water partition coefficient (Wildman–Crippen LogP) is 1.75. The molecule has 4 aromatic rings. The van der Waals surface area contributed by atoms with E-state index in [9.17, 15) is 14.4 Å². The lowest BCUT2D eigenvalue weighted by Gasteiger charge is -2.18. The van der Waals surface area contributed by atoms with Gasteiger partial charge in [0.2, 0.25) is 5.91 Å². The second kappa shape index (κ2) is 7.84. The minimum Gasteiger partial charge on any atom is -0.332 e. The van der Waals surface area contributed by atoms with Gasteiger partial charge in [0.05, 0.1) is 24.5 Å². The summed E-state index contributed by atoms with van der Waals surface area (Å²) < 4.78 is 5.30. The van der Waals surface area contributed by atoms with Crippen LogP contribution >= 0.6 is 0 Å². The first-order valence-electron chi connectivity index (χ1n) is 10.4. The Bertz CT molecular complexity index is 1410. The molecule has 5 rings (SSSR count). The lowest BCUT2D eigenvalue weighted by atomic mass is 10.2. The largest absolute Gasteiger partial charge is 0.332 e. The average molecular weight is 430 g/mol. The zero-order chi connectivity index (χ0) is 22.2. The summed E-state index contributed by atoms with van der Waals surface area (Å²) in [5, 5.41) is 4.86. The van der Waals surface area contributed by atoms with Crippen LogP contribution in [0.3, 0.4) is 0 Å². The third kappa shape index (κ3) is 3.47. The van der Waals surface area contributed by atoms with Gasteiger partial charge in [0.15, 0.2) is 0 Å². The lowest BCUT2D eigenvalue weighted by molar-refractivity contribution is -0.132. The molecule has 0 fully saturated rings. The molecule has 4 heterocycles. The number of rotatable bonds is 5. The first-order valence-corrected chi connectivity index (χ1v) is 10.4. The highest BCUT2D eigenvalue weighted by Crippen LogP contribution is 2.31. The van der Waals surface area contributed by atoms with Gasteiger partial charge in [-0.25, -0.2) is 9.48 Å². The number of hydrogen-bond donors (Lipinski definition) is 1. The molecule has 1 amide bonds. The number of benzene rings is 1. The van der Waals surface area contributed by atoms with Crippen molar-refractivity contribution in [1.29, 1.82) is 0 Å². The van der Waals surface area contributed by atoms with E-state index in [1.165, 1.54) is 16.8 Å². The average Bonchev–Trinajstić information content (AvgIpc) is 3.49. The Balaban J connectivity index is 1.41. The Morgan fingerprint density at radius 3 is 2.56 bits per heavy atom. The Kier molecular flexibility index (Phi) is 4.85. The molecule has 9 heteroatoms. The number of H-pyrrole nitrogens is 1. The minimum absolute atomic E-state index is 0.0676. The summed E-state index contributed by atoms with van der Waals surface area (Å²) in [4.78, 5) is 39.9. The summed E-state index contributed by atoms with van der Waals surface area (Å²) in [7, 11) is 0. The van der Waals surface area contributed by atoms with Crippen molar-refractivity contribution < 1.29 is 4.79 Å². The molecule has 0 unspecified atom stereocenters. The number of amides is 1. The molecule has 3 aromatic heterocycles. The Morgan fingerprint density at radius 1 is 1.03 bits per heavy atom. The highest BCUT2D eigenvalue weighted by atomic mass is 16.2. The van der Waals surface area contributed by atoms with Crippen LogP contribution in [0.15, 0.2) is 70.6 Å². The van der Waals surface area contributed by atoms with E-state index in [0.29, 0.717) is 13.1 Å². The van der Waals surface area contributed by atoms with E-state index in [-0.39, 0.29) is 18.9 Å². The van der Waals surface area contributed by atoms with Crippen LogP contribution in [-0.2, 0) is 24.4 Å². The maximum Gasteiger partial charge on any atom is 0.328 e. The zero-order valence-electron chi connectivity index (χ0n) is 17.6. The van der Waals surface area contributed by atoms with Gasteiger partial charge in [0.1, 0.15) is 5.82 Å². The maximum atomic E-state index is 12.9. The third-order valence-electron chi connectivity index (χ3n) is 5.74. The molecule has 1 aromatic carbocycles. The lowest BCUT2D eigenvalue weighted by Crippen LogP contribution is -2.32. The van der Waals surface area contributed by atoms with Gasteiger partial charge in [-0.15, -0.1) is 0 Å². The highest BCUT2D eigenvalue weighted by Gasteiger charge is 2.31. The van der Waals surface area contributed by atoms with E-state index in [1.54, 1.807) is 4.90 Å². The number of carbonyl (C=O) groups excluding carboxylic acids is 1.